The highest BCUT2D eigenvalue weighted by Gasteiger charge is 2.36. The lowest BCUT2D eigenvalue weighted by Crippen LogP contribution is -2.29. The first-order chi connectivity index (χ1) is 11.7. The molecule has 1 N–H and O–H groups in total. The van der Waals surface area contributed by atoms with Crippen molar-refractivity contribution in [1.29, 1.82) is 0 Å². The topological polar surface area (TPSA) is 32.3 Å². The molecular formula is C21H24N2O. The van der Waals surface area contributed by atoms with Crippen molar-refractivity contribution in [2.24, 2.45) is 5.92 Å². The molecule has 24 heavy (non-hydrogen) atoms. The Bertz CT molecular complexity index is 741. The summed E-state index contributed by atoms with van der Waals surface area (Å²) < 4.78 is 0. The van der Waals surface area contributed by atoms with Crippen LogP contribution < -0.4 is 5.32 Å². The number of fused-ring (bicyclic) bond motifs is 3. The van der Waals surface area contributed by atoms with Gasteiger partial charge >= 0.3 is 0 Å². The number of likely N-dealkylation sites (N-methyl/N-ethyl adjacent to an activating group) is 1. The van der Waals surface area contributed by atoms with E-state index in [4.69, 9.17) is 0 Å². The first kappa shape index (κ1) is 15.4. The smallest absolute Gasteiger partial charge is 0.251 e. The van der Waals surface area contributed by atoms with Crippen LogP contribution in [0.4, 0.5) is 0 Å². The van der Waals surface area contributed by atoms with Crippen LogP contribution in [0.25, 0.3) is 0 Å². The van der Waals surface area contributed by atoms with Crippen LogP contribution in [0.1, 0.15) is 33.0 Å². The lowest BCUT2D eigenvalue weighted by Gasteiger charge is -2.17. The Kier molecular flexibility index (Phi) is 4.11. The van der Waals surface area contributed by atoms with Gasteiger partial charge in [-0.05, 0) is 48.6 Å². The number of benzene rings is 2. The average Bonchev–Trinajstić information content (AvgIpc) is 2.93. The zero-order valence-corrected chi connectivity index (χ0v) is 14.2. The van der Waals surface area contributed by atoms with Crippen molar-refractivity contribution in [3.8, 4) is 0 Å². The summed E-state index contributed by atoms with van der Waals surface area (Å²) in [5.41, 5.74) is 4.72. The fourth-order valence-corrected chi connectivity index (χ4v) is 4.18. The molecule has 2 aliphatic rings. The average molecular weight is 320 g/mol. The number of nitrogens with one attached hydrogen (secondary N) is 1. The number of hydrogen-bond acceptors (Lipinski definition) is 2. The summed E-state index contributed by atoms with van der Waals surface area (Å²) in [5, 5.41) is 3.13. The second-order valence-corrected chi connectivity index (χ2v) is 7.21. The maximum absolute atomic E-state index is 12.5. The van der Waals surface area contributed by atoms with E-state index in [0.29, 0.717) is 11.8 Å². The molecule has 3 nitrogen and oxygen atoms in total. The van der Waals surface area contributed by atoms with E-state index in [9.17, 15) is 4.79 Å². The predicted octanol–water partition coefficient (Wildman–Crippen LogP) is 2.86. The zero-order valence-electron chi connectivity index (χ0n) is 14.2. The van der Waals surface area contributed by atoms with Gasteiger partial charge < -0.3 is 10.2 Å². The molecule has 0 spiro atoms. The Labute approximate surface area is 143 Å². The minimum absolute atomic E-state index is 0.101. The lowest BCUT2D eigenvalue weighted by atomic mass is 9.86. The summed E-state index contributed by atoms with van der Waals surface area (Å²) in [6.07, 6.45) is 1.98. The minimum atomic E-state index is 0.101. The van der Waals surface area contributed by atoms with Crippen molar-refractivity contribution in [3.05, 3.63) is 70.8 Å². The number of aryl methyl sites for hydroxylation is 2. The van der Waals surface area contributed by atoms with E-state index in [0.717, 1.165) is 38.0 Å². The molecule has 2 aromatic carbocycles. The molecule has 0 saturated carbocycles. The first-order valence-electron chi connectivity index (χ1n) is 8.84. The molecular weight excluding hydrogens is 296 g/mol. The van der Waals surface area contributed by atoms with Gasteiger partial charge in [-0.25, -0.2) is 0 Å². The molecule has 1 saturated heterocycles. The maximum atomic E-state index is 12.5. The number of carbonyl (C=O) groups excluding carboxylic acids is 1. The van der Waals surface area contributed by atoms with Gasteiger partial charge in [0, 0.05) is 31.1 Å². The number of hydrogen-bond donors (Lipinski definition) is 1. The quantitative estimate of drug-likeness (QED) is 0.943. The largest absolute Gasteiger partial charge is 0.352 e. The molecule has 4 rings (SSSR count). The molecule has 0 unspecified atom stereocenters. The number of carbonyl (C=O) groups is 1. The van der Waals surface area contributed by atoms with Gasteiger partial charge in [0.05, 0.1) is 0 Å². The summed E-state index contributed by atoms with van der Waals surface area (Å²) in [6, 6.07) is 17.1. The standard InChI is InChI=1S/C21H24N2O/c1-23-13-17-12-22-21(24)19-11-16(9-10-18(19)20(17)14-23)8-7-15-5-3-2-4-6-15/h2-6,9-11,17,20H,7-8,12-14H2,1H3,(H,22,24)/t17-,20-/m1/s1. The molecule has 1 fully saturated rings. The van der Waals surface area contributed by atoms with E-state index in [-0.39, 0.29) is 5.91 Å². The van der Waals surface area contributed by atoms with Gasteiger partial charge in [0.2, 0.25) is 0 Å². The molecule has 0 aliphatic carbocycles. The van der Waals surface area contributed by atoms with Gasteiger partial charge in [-0.3, -0.25) is 4.79 Å². The van der Waals surface area contributed by atoms with Crippen LogP contribution in [0, 0.1) is 5.92 Å². The minimum Gasteiger partial charge on any atom is -0.352 e. The van der Waals surface area contributed by atoms with Gasteiger partial charge in [0.15, 0.2) is 0 Å². The van der Waals surface area contributed by atoms with E-state index in [1.165, 1.54) is 16.7 Å². The maximum Gasteiger partial charge on any atom is 0.251 e. The van der Waals surface area contributed by atoms with Crippen LogP contribution >= 0.6 is 0 Å². The monoisotopic (exact) mass is 320 g/mol. The summed E-state index contributed by atoms with van der Waals surface area (Å²) in [4.78, 5) is 14.9. The van der Waals surface area contributed by atoms with Crippen molar-refractivity contribution in [2.75, 3.05) is 26.7 Å². The second-order valence-electron chi connectivity index (χ2n) is 7.21. The Hall–Kier alpha value is -2.13. The number of likely N-dealkylation sites (tertiary alicyclic amines) is 1. The number of amides is 1. The zero-order chi connectivity index (χ0) is 16.5. The highest BCUT2D eigenvalue weighted by Crippen LogP contribution is 2.35. The molecule has 1 amide bonds. The summed E-state index contributed by atoms with van der Waals surface area (Å²) >= 11 is 0. The van der Waals surface area contributed by atoms with Crippen LogP contribution in [0.5, 0.6) is 0 Å². The molecule has 0 bridgehead atoms. The predicted molar refractivity (Wildman–Crippen MR) is 96.4 cm³/mol. The molecule has 2 aliphatic heterocycles. The van der Waals surface area contributed by atoms with E-state index >= 15 is 0 Å². The third-order valence-electron chi connectivity index (χ3n) is 5.46. The van der Waals surface area contributed by atoms with Gasteiger partial charge in [-0.1, -0.05) is 42.5 Å². The fraction of sp³-hybridized carbons (Fsp3) is 0.381. The highest BCUT2D eigenvalue weighted by atomic mass is 16.1. The first-order valence-corrected chi connectivity index (χ1v) is 8.84. The summed E-state index contributed by atoms with van der Waals surface area (Å²) in [7, 11) is 2.17. The van der Waals surface area contributed by atoms with Gasteiger partial charge in [0.25, 0.3) is 5.91 Å². The van der Waals surface area contributed by atoms with Crippen molar-refractivity contribution in [1.82, 2.24) is 10.2 Å². The molecule has 2 atom stereocenters. The van der Waals surface area contributed by atoms with Crippen LogP contribution in [0.3, 0.4) is 0 Å². The molecule has 2 aromatic rings. The molecule has 0 aromatic heterocycles. The van der Waals surface area contributed by atoms with E-state index < -0.39 is 0 Å². The third kappa shape index (κ3) is 2.96. The van der Waals surface area contributed by atoms with E-state index in [2.05, 4.69) is 59.7 Å². The lowest BCUT2D eigenvalue weighted by molar-refractivity contribution is 0.0951. The molecule has 3 heteroatoms. The Morgan fingerprint density at radius 2 is 1.83 bits per heavy atom. The molecule has 0 radical (unpaired) electrons. The number of rotatable bonds is 3. The second kappa shape index (κ2) is 6.40. The molecule has 124 valence electrons. The summed E-state index contributed by atoms with van der Waals surface area (Å²) in [5.74, 6) is 1.12. The normalized spacial score (nSPS) is 23.3. The van der Waals surface area contributed by atoms with E-state index in [1.807, 2.05) is 6.07 Å². The fourth-order valence-electron chi connectivity index (χ4n) is 4.18. The van der Waals surface area contributed by atoms with Crippen LogP contribution in [0.2, 0.25) is 0 Å². The Balaban J connectivity index is 1.58. The van der Waals surface area contributed by atoms with Crippen molar-refractivity contribution in [3.63, 3.8) is 0 Å². The Morgan fingerprint density at radius 1 is 1.04 bits per heavy atom. The van der Waals surface area contributed by atoms with Crippen LogP contribution in [-0.2, 0) is 12.8 Å². The van der Waals surface area contributed by atoms with Crippen LogP contribution in [-0.4, -0.2) is 37.5 Å². The highest BCUT2D eigenvalue weighted by molar-refractivity contribution is 5.96. The van der Waals surface area contributed by atoms with Crippen molar-refractivity contribution < 1.29 is 4.79 Å². The van der Waals surface area contributed by atoms with E-state index in [1.54, 1.807) is 0 Å². The summed E-state index contributed by atoms with van der Waals surface area (Å²) in [6.45, 7) is 2.91. The van der Waals surface area contributed by atoms with Gasteiger partial charge in [-0.2, -0.15) is 0 Å². The van der Waals surface area contributed by atoms with Crippen LogP contribution in [0.15, 0.2) is 48.5 Å². The van der Waals surface area contributed by atoms with Crippen molar-refractivity contribution in [2.45, 2.75) is 18.8 Å². The number of nitrogens with zero attached hydrogens (tertiary/aromatic N) is 1. The van der Waals surface area contributed by atoms with Gasteiger partial charge in [0.1, 0.15) is 0 Å². The SMILES string of the molecule is CN1C[C@H]2CNC(=O)c3cc(CCc4ccccc4)ccc3[C@@H]2C1. The third-order valence-corrected chi connectivity index (χ3v) is 5.46. The Morgan fingerprint density at radius 3 is 2.67 bits per heavy atom. The van der Waals surface area contributed by atoms with Crippen molar-refractivity contribution >= 4 is 5.91 Å². The molecule has 2 heterocycles. The van der Waals surface area contributed by atoms with Gasteiger partial charge in [-0.15, -0.1) is 0 Å².